The monoisotopic (exact) mass is 350 g/mol. The zero-order valence-corrected chi connectivity index (χ0v) is 14.1. The zero-order chi connectivity index (χ0) is 15.7. The molecule has 0 saturated heterocycles. The maximum Gasteiger partial charge on any atom is 0.350 e. The molecule has 22 heavy (non-hydrogen) atoms. The molecule has 0 N–H and O–H groups in total. The van der Waals surface area contributed by atoms with Crippen molar-refractivity contribution in [3.63, 3.8) is 0 Å². The number of aryl methyl sites for hydroxylation is 1. The normalized spacial score (nSPS) is 10.9. The number of rotatable bonds is 3. The van der Waals surface area contributed by atoms with E-state index in [1.807, 2.05) is 37.3 Å². The fraction of sp³-hybridized carbons (Fsp3) is 0.118. The Balaban J connectivity index is 1.83. The Morgan fingerprint density at radius 3 is 2.73 bits per heavy atom. The molecular weight excluding hydrogens is 339 g/mol. The Morgan fingerprint density at radius 1 is 1.18 bits per heavy atom. The van der Waals surface area contributed by atoms with Crippen molar-refractivity contribution >= 4 is 50.6 Å². The predicted molar refractivity (Wildman–Crippen MR) is 92.1 cm³/mol. The van der Waals surface area contributed by atoms with E-state index in [0.29, 0.717) is 14.9 Å². The van der Waals surface area contributed by atoms with Gasteiger partial charge in [-0.15, -0.1) is 11.3 Å². The number of hydrogen-bond donors (Lipinski definition) is 0. The van der Waals surface area contributed by atoms with Gasteiger partial charge in [0.2, 0.25) is 0 Å². The summed E-state index contributed by atoms with van der Waals surface area (Å²) in [6.45, 7) is 2.22. The van der Waals surface area contributed by atoms with Crippen LogP contribution in [0.15, 0.2) is 42.5 Å². The molecular formula is C17H12Cl2O2S. The SMILES string of the molecule is Cc1ccccc1COC(=O)c1sc2cc(Cl)ccc2c1Cl. The van der Waals surface area contributed by atoms with Gasteiger partial charge in [0.25, 0.3) is 0 Å². The Bertz CT molecular complexity index is 855. The predicted octanol–water partition coefficient (Wildman–Crippen LogP) is 5.87. The highest BCUT2D eigenvalue weighted by Crippen LogP contribution is 2.37. The van der Waals surface area contributed by atoms with Crippen molar-refractivity contribution in [3.05, 3.63) is 68.5 Å². The van der Waals surface area contributed by atoms with E-state index in [1.165, 1.54) is 11.3 Å². The summed E-state index contributed by atoms with van der Waals surface area (Å²) >= 11 is 13.5. The molecule has 0 fully saturated rings. The average molecular weight is 351 g/mol. The smallest absolute Gasteiger partial charge is 0.350 e. The Labute approximate surface area is 142 Å². The molecule has 2 nitrogen and oxygen atoms in total. The summed E-state index contributed by atoms with van der Waals surface area (Å²) in [6.07, 6.45) is 0. The quantitative estimate of drug-likeness (QED) is 0.551. The minimum absolute atomic E-state index is 0.233. The second-order valence-corrected chi connectivity index (χ2v) is 6.75. The van der Waals surface area contributed by atoms with Gasteiger partial charge < -0.3 is 4.74 Å². The number of hydrogen-bond acceptors (Lipinski definition) is 3. The molecule has 0 aliphatic heterocycles. The number of benzene rings is 2. The van der Waals surface area contributed by atoms with Gasteiger partial charge in [-0.05, 0) is 30.2 Å². The lowest BCUT2D eigenvalue weighted by Gasteiger charge is -2.06. The molecule has 3 aromatic rings. The number of carbonyl (C=O) groups is 1. The Kier molecular flexibility index (Phi) is 4.39. The molecule has 0 aliphatic carbocycles. The number of halogens is 2. The number of carbonyl (C=O) groups excluding carboxylic acids is 1. The number of fused-ring (bicyclic) bond motifs is 1. The van der Waals surface area contributed by atoms with Crippen molar-refractivity contribution in [3.8, 4) is 0 Å². The Hall–Kier alpha value is -1.55. The molecule has 0 bridgehead atoms. The van der Waals surface area contributed by atoms with Gasteiger partial charge in [0.15, 0.2) is 0 Å². The highest BCUT2D eigenvalue weighted by molar-refractivity contribution is 7.21. The van der Waals surface area contributed by atoms with Crippen LogP contribution in [0.25, 0.3) is 10.1 Å². The molecule has 0 aliphatic rings. The van der Waals surface area contributed by atoms with Crippen LogP contribution in [0.3, 0.4) is 0 Å². The third-order valence-corrected chi connectivity index (χ3v) is 5.27. The molecule has 0 atom stereocenters. The highest BCUT2D eigenvalue weighted by atomic mass is 35.5. The molecule has 0 unspecified atom stereocenters. The second kappa shape index (κ2) is 6.29. The number of thiophene rings is 1. The highest BCUT2D eigenvalue weighted by Gasteiger charge is 2.18. The van der Waals surface area contributed by atoms with E-state index in [0.717, 1.165) is 21.2 Å². The van der Waals surface area contributed by atoms with Gasteiger partial charge in [0.1, 0.15) is 11.5 Å². The fourth-order valence-electron chi connectivity index (χ4n) is 2.15. The van der Waals surface area contributed by atoms with Gasteiger partial charge in [0.05, 0.1) is 5.02 Å². The summed E-state index contributed by atoms with van der Waals surface area (Å²) in [6, 6.07) is 13.2. The summed E-state index contributed by atoms with van der Waals surface area (Å²) in [4.78, 5) is 12.7. The lowest BCUT2D eigenvalue weighted by molar-refractivity contribution is 0.0478. The van der Waals surface area contributed by atoms with Gasteiger partial charge in [-0.1, -0.05) is 53.5 Å². The van der Waals surface area contributed by atoms with Crippen LogP contribution in [-0.4, -0.2) is 5.97 Å². The number of ether oxygens (including phenoxy) is 1. The van der Waals surface area contributed by atoms with Crippen LogP contribution >= 0.6 is 34.5 Å². The first kappa shape index (κ1) is 15.3. The van der Waals surface area contributed by atoms with E-state index in [9.17, 15) is 4.79 Å². The van der Waals surface area contributed by atoms with Gasteiger partial charge in [-0.3, -0.25) is 0 Å². The van der Waals surface area contributed by atoms with Crippen molar-refractivity contribution in [1.82, 2.24) is 0 Å². The van der Waals surface area contributed by atoms with Crippen molar-refractivity contribution < 1.29 is 9.53 Å². The van der Waals surface area contributed by atoms with Crippen LogP contribution in [0.5, 0.6) is 0 Å². The van der Waals surface area contributed by atoms with Crippen molar-refractivity contribution in [2.24, 2.45) is 0 Å². The van der Waals surface area contributed by atoms with Crippen LogP contribution in [0.1, 0.15) is 20.8 Å². The van der Waals surface area contributed by atoms with E-state index in [4.69, 9.17) is 27.9 Å². The summed E-state index contributed by atoms with van der Waals surface area (Å²) in [5, 5.41) is 1.86. The number of esters is 1. The third-order valence-electron chi connectivity index (χ3n) is 3.40. The van der Waals surface area contributed by atoms with Gasteiger partial charge in [0, 0.05) is 15.1 Å². The fourth-order valence-corrected chi connectivity index (χ4v) is 3.83. The minimum atomic E-state index is -0.412. The largest absolute Gasteiger partial charge is 0.457 e. The molecule has 1 aromatic heterocycles. The van der Waals surface area contributed by atoms with Crippen LogP contribution in [0, 0.1) is 6.92 Å². The molecule has 0 spiro atoms. The van der Waals surface area contributed by atoms with E-state index >= 15 is 0 Å². The summed E-state index contributed by atoms with van der Waals surface area (Å²) in [5.41, 5.74) is 2.07. The first-order valence-electron chi connectivity index (χ1n) is 6.65. The molecule has 3 rings (SSSR count). The third kappa shape index (κ3) is 2.98. The van der Waals surface area contributed by atoms with Gasteiger partial charge in [-0.2, -0.15) is 0 Å². The van der Waals surface area contributed by atoms with E-state index in [2.05, 4.69) is 0 Å². The molecule has 0 amide bonds. The van der Waals surface area contributed by atoms with Crippen LogP contribution in [0.2, 0.25) is 10.0 Å². The molecule has 2 aromatic carbocycles. The Morgan fingerprint density at radius 2 is 1.95 bits per heavy atom. The lowest BCUT2D eigenvalue weighted by atomic mass is 10.1. The second-order valence-electron chi connectivity index (χ2n) is 4.89. The van der Waals surface area contributed by atoms with Gasteiger partial charge >= 0.3 is 5.97 Å². The van der Waals surface area contributed by atoms with E-state index < -0.39 is 5.97 Å². The molecule has 112 valence electrons. The summed E-state index contributed by atoms with van der Waals surface area (Å²) in [5.74, 6) is -0.412. The summed E-state index contributed by atoms with van der Waals surface area (Å²) < 4.78 is 6.26. The van der Waals surface area contributed by atoms with Crippen molar-refractivity contribution in [2.45, 2.75) is 13.5 Å². The standard InChI is InChI=1S/C17H12Cl2O2S/c1-10-4-2-3-5-11(10)9-21-17(20)16-15(19)13-7-6-12(18)8-14(13)22-16/h2-8H,9H2,1H3. The zero-order valence-electron chi connectivity index (χ0n) is 11.7. The summed E-state index contributed by atoms with van der Waals surface area (Å²) in [7, 11) is 0. The lowest BCUT2D eigenvalue weighted by Crippen LogP contribution is -2.04. The van der Waals surface area contributed by atoms with Crippen LogP contribution in [0.4, 0.5) is 0 Å². The van der Waals surface area contributed by atoms with E-state index in [-0.39, 0.29) is 6.61 Å². The van der Waals surface area contributed by atoms with Crippen LogP contribution in [-0.2, 0) is 11.3 Å². The van der Waals surface area contributed by atoms with Crippen molar-refractivity contribution in [1.29, 1.82) is 0 Å². The molecule has 0 saturated carbocycles. The maximum atomic E-state index is 12.3. The maximum absolute atomic E-state index is 12.3. The first-order valence-corrected chi connectivity index (χ1v) is 8.22. The molecule has 5 heteroatoms. The van der Waals surface area contributed by atoms with Crippen molar-refractivity contribution in [2.75, 3.05) is 0 Å². The minimum Gasteiger partial charge on any atom is -0.457 e. The van der Waals surface area contributed by atoms with Gasteiger partial charge in [-0.25, -0.2) is 4.79 Å². The van der Waals surface area contributed by atoms with Crippen LogP contribution < -0.4 is 0 Å². The topological polar surface area (TPSA) is 26.3 Å². The first-order chi connectivity index (χ1) is 10.6. The average Bonchev–Trinajstić information content (AvgIpc) is 2.82. The molecule has 0 radical (unpaired) electrons. The van der Waals surface area contributed by atoms with E-state index in [1.54, 1.807) is 12.1 Å². The molecule has 1 heterocycles.